The first kappa shape index (κ1) is 18.3. The van der Waals surface area contributed by atoms with Crippen LogP contribution in [0, 0.1) is 9.39 Å². The highest BCUT2D eigenvalue weighted by Crippen LogP contribution is 2.40. The van der Waals surface area contributed by atoms with Crippen molar-refractivity contribution in [3.05, 3.63) is 45.0 Å². The van der Waals surface area contributed by atoms with E-state index in [1.807, 2.05) is 0 Å². The lowest BCUT2D eigenvalue weighted by molar-refractivity contribution is 0.276. The highest BCUT2D eigenvalue weighted by atomic mass is 127. The van der Waals surface area contributed by atoms with Crippen molar-refractivity contribution in [2.24, 2.45) is 0 Å². The van der Waals surface area contributed by atoms with Gasteiger partial charge in [-0.15, -0.1) is 0 Å². The minimum atomic E-state index is -0.437. The molecule has 3 atom stereocenters. The Morgan fingerprint density at radius 3 is 2.71 bits per heavy atom. The fraction of sp³-hybridized carbons (Fsp3) is 0.400. The van der Waals surface area contributed by atoms with E-state index in [0.29, 0.717) is 35.0 Å². The maximum atomic E-state index is 14.2. The van der Waals surface area contributed by atoms with Gasteiger partial charge in [-0.05, 0) is 59.9 Å². The number of halogens is 2. The number of piperidine rings is 1. The Morgan fingerprint density at radius 2 is 2.04 bits per heavy atom. The van der Waals surface area contributed by atoms with Gasteiger partial charge in [0.2, 0.25) is 0 Å². The Morgan fingerprint density at radius 1 is 1.29 bits per heavy atom. The third kappa shape index (κ3) is 2.89. The molecule has 2 aliphatic heterocycles. The molecule has 2 aliphatic rings. The average molecular weight is 493 g/mol. The molecular weight excluding hydrogens is 472 g/mol. The fourth-order valence-electron chi connectivity index (χ4n) is 4.61. The predicted molar refractivity (Wildman–Crippen MR) is 113 cm³/mol. The molecule has 2 fully saturated rings. The lowest BCUT2D eigenvalue weighted by Crippen LogP contribution is -2.37. The quantitative estimate of drug-likeness (QED) is 0.488. The van der Waals surface area contributed by atoms with Gasteiger partial charge < -0.3 is 16.2 Å². The van der Waals surface area contributed by atoms with Crippen LogP contribution in [-0.2, 0) is 6.61 Å². The highest BCUT2D eigenvalue weighted by molar-refractivity contribution is 14.1. The summed E-state index contributed by atoms with van der Waals surface area (Å²) >= 11 is 2.27. The third-order valence-corrected chi connectivity index (χ3v) is 7.15. The lowest BCUT2D eigenvalue weighted by atomic mass is 9.89. The monoisotopic (exact) mass is 493 g/mol. The summed E-state index contributed by atoms with van der Waals surface area (Å²) in [5, 5.41) is 17.3. The van der Waals surface area contributed by atoms with Crippen molar-refractivity contribution < 1.29 is 9.50 Å². The molecule has 0 saturated carbocycles. The second-order valence-electron chi connectivity index (χ2n) is 7.76. The van der Waals surface area contributed by atoms with Crippen molar-refractivity contribution in [3.8, 4) is 11.1 Å². The maximum Gasteiger partial charge on any atom is 0.165 e. The van der Waals surface area contributed by atoms with Crippen molar-refractivity contribution in [2.75, 3.05) is 5.73 Å². The van der Waals surface area contributed by atoms with E-state index in [2.05, 4.69) is 33.0 Å². The van der Waals surface area contributed by atoms with Crippen LogP contribution in [0.4, 0.5) is 10.2 Å². The molecule has 5 rings (SSSR count). The van der Waals surface area contributed by atoms with Gasteiger partial charge in [0.15, 0.2) is 5.65 Å². The minimum absolute atomic E-state index is 0.271. The van der Waals surface area contributed by atoms with Crippen LogP contribution in [0.15, 0.2) is 24.4 Å². The Kier molecular flexibility index (Phi) is 4.52. The van der Waals surface area contributed by atoms with Crippen molar-refractivity contribution >= 4 is 34.1 Å². The van der Waals surface area contributed by atoms with E-state index in [-0.39, 0.29) is 12.2 Å². The molecule has 2 unspecified atom stereocenters. The van der Waals surface area contributed by atoms with Crippen molar-refractivity contribution in [1.82, 2.24) is 19.9 Å². The maximum absolute atomic E-state index is 14.2. The van der Waals surface area contributed by atoms with Gasteiger partial charge in [0, 0.05) is 29.1 Å². The number of aliphatic hydroxyl groups excluding tert-OH is 1. The molecule has 1 aromatic carbocycles. The zero-order valence-electron chi connectivity index (χ0n) is 15.2. The number of hydrogen-bond acceptors (Lipinski definition) is 5. The molecule has 146 valence electrons. The fourth-order valence-corrected chi connectivity index (χ4v) is 5.40. The van der Waals surface area contributed by atoms with Gasteiger partial charge in [-0.25, -0.2) is 9.37 Å². The zero-order valence-corrected chi connectivity index (χ0v) is 17.4. The number of anilines is 1. The second-order valence-corrected chi connectivity index (χ2v) is 8.84. The number of fused-ring (bicyclic) bond motifs is 3. The Hall–Kier alpha value is -1.78. The van der Waals surface area contributed by atoms with Crippen molar-refractivity contribution in [3.63, 3.8) is 0 Å². The molecule has 0 amide bonds. The number of nitrogens with one attached hydrogen (secondary N) is 1. The molecule has 3 aromatic rings. The smallest absolute Gasteiger partial charge is 0.165 e. The van der Waals surface area contributed by atoms with E-state index in [4.69, 9.17) is 10.7 Å². The SMILES string of the molecule is Nc1c(I)c(C2CC3CC[C@@H](C2)N3)nc2c(-c3ccc(CO)c(F)c3)cnn12. The summed E-state index contributed by atoms with van der Waals surface area (Å²) in [7, 11) is 0. The topological polar surface area (TPSA) is 88.5 Å². The molecular formula is C20H21FIN5O. The Bertz CT molecular complexity index is 1060. The predicted octanol–water partition coefficient (Wildman–Crippen LogP) is 3.21. The number of hydrogen-bond donors (Lipinski definition) is 3. The number of aliphatic hydroxyl groups is 1. The second kappa shape index (κ2) is 6.93. The number of aromatic nitrogens is 3. The number of rotatable bonds is 3. The summed E-state index contributed by atoms with van der Waals surface area (Å²) in [5.41, 5.74) is 9.77. The van der Waals surface area contributed by atoms with Crippen molar-refractivity contribution in [2.45, 2.75) is 50.3 Å². The summed E-state index contributed by atoms with van der Waals surface area (Å²) in [6.07, 6.45) is 6.27. The van der Waals surface area contributed by atoms with Gasteiger partial charge in [0.25, 0.3) is 0 Å². The van der Waals surface area contributed by atoms with E-state index in [0.717, 1.165) is 27.7 Å². The van der Waals surface area contributed by atoms with Gasteiger partial charge in [-0.2, -0.15) is 9.61 Å². The molecule has 2 aromatic heterocycles. The van der Waals surface area contributed by atoms with E-state index in [1.165, 1.54) is 18.9 Å². The van der Waals surface area contributed by atoms with Gasteiger partial charge in [0.1, 0.15) is 11.6 Å². The first-order chi connectivity index (χ1) is 13.5. The van der Waals surface area contributed by atoms with Crippen LogP contribution in [0.2, 0.25) is 0 Å². The first-order valence-corrected chi connectivity index (χ1v) is 10.6. The average Bonchev–Trinajstić information content (AvgIpc) is 3.27. The van der Waals surface area contributed by atoms with E-state index in [1.54, 1.807) is 22.8 Å². The molecule has 6 nitrogen and oxygen atoms in total. The zero-order chi connectivity index (χ0) is 19.4. The molecule has 0 spiro atoms. The van der Waals surface area contributed by atoms with Gasteiger partial charge in [-0.1, -0.05) is 12.1 Å². The van der Waals surface area contributed by atoms with E-state index in [9.17, 15) is 9.50 Å². The molecule has 0 radical (unpaired) electrons. The van der Waals surface area contributed by atoms with Crippen LogP contribution in [-0.4, -0.2) is 31.8 Å². The summed E-state index contributed by atoms with van der Waals surface area (Å²) in [6.45, 7) is -0.327. The van der Waals surface area contributed by atoms with Gasteiger partial charge >= 0.3 is 0 Å². The van der Waals surface area contributed by atoms with Crippen LogP contribution in [0.3, 0.4) is 0 Å². The molecule has 28 heavy (non-hydrogen) atoms. The summed E-state index contributed by atoms with van der Waals surface area (Å²) in [5.74, 6) is 0.507. The van der Waals surface area contributed by atoms with Crippen LogP contribution in [0.5, 0.6) is 0 Å². The van der Waals surface area contributed by atoms with Crippen molar-refractivity contribution in [1.29, 1.82) is 0 Å². The minimum Gasteiger partial charge on any atom is -0.392 e. The Balaban J connectivity index is 1.63. The van der Waals surface area contributed by atoms with Gasteiger partial charge in [-0.3, -0.25) is 0 Å². The number of nitrogens with two attached hydrogens (primary N) is 1. The molecule has 4 N–H and O–H groups in total. The number of nitrogen functional groups attached to an aromatic ring is 1. The first-order valence-electron chi connectivity index (χ1n) is 9.53. The molecule has 2 saturated heterocycles. The van der Waals surface area contributed by atoms with E-state index < -0.39 is 5.82 Å². The van der Waals surface area contributed by atoms with Crippen LogP contribution >= 0.6 is 22.6 Å². The third-order valence-electron chi connectivity index (χ3n) is 6.04. The normalized spacial score (nSPS) is 24.2. The summed E-state index contributed by atoms with van der Waals surface area (Å²) < 4.78 is 16.8. The highest BCUT2D eigenvalue weighted by Gasteiger charge is 2.36. The Labute approximate surface area is 175 Å². The lowest BCUT2D eigenvalue weighted by Gasteiger charge is -2.29. The van der Waals surface area contributed by atoms with Crippen LogP contribution in [0.1, 0.15) is 42.9 Å². The van der Waals surface area contributed by atoms with Crippen LogP contribution < -0.4 is 11.1 Å². The van der Waals surface area contributed by atoms with E-state index >= 15 is 0 Å². The molecule has 0 aliphatic carbocycles. The van der Waals surface area contributed by atoms with Gasteiger partial charge in [0.05, 0.1) is 22.1 Å². The molecule has 2 bridgehead atoms. The summed E-state index contributed by atoms with van der Waals surface area (Å²) in [6, 6.07) is 5.91. The summed E-state index contributed by atoms with van der Waals surface area (Å²) in [4.78, 5) is 4.98. The largest absolute Gasteiger partial charge is 0.392 e. The molecule has 4 heterocycles. The number of benzene rings is 1. The standard InChI is InChI=1S/C20H21FIN5O/c21-16-7-10(1-2-11(16)9-28)15-8-24-27-19(23)17(22)18(26-20(15)27)12-5-13-3-4-14(6-12)25-13/h1-2,7-8,12-14,25,28H,3-6,9,23H2/t12?,13-,14?/m0/s1. The molecule has 8 heteroatoms. The number of nitrogens with zero attached hydrogens (tertiary/aromatic N) is 3. The van der Waals surface area contributed by atoms with Crippen LogP contribution in [0.25, 0.3) is 16.8 Å².